The number of ether oxygens (including phenoxy) is 1. The Balaban J connectivity index is 1.33. The third kappa shape index (κ3) is 4.27. The van der Waals surface area contributed by atoms with Crippen LogP contribution in [-0.2, 0) is 0 Å². The molecule has 0 radical (unpaired) electrons. The minimum Gasteiger partial charge on any atom is -0.508 e. The summed E-state index contributed by atoms with van der Waals surface area (Å²) in [6.45, 7) is 4.24. The summed E-state index contributed by atoms with van der Waals surface area (Å²) in [7, 11) is 0. The largest absolute Gasteiger partial charge is 0.508 e. The summed E-state index contributed by atoms with van der Waals surface area (Å²) >= 11 is 3.70. The van der Waals surface area contributed by atoms with Gasteiger partial charge in [0.1, 0.15) is 18.1 Å². The molecule has 1 N–H and O–H groups in total. The van der Waals surface area contributed by atoms with Gasteiger partial charge in [0.05, 0.1) is 0 Å². The van der Waals surface area contributed by atoms with Crippen molar-refractivity contribution in [2.75, 3.05) is 32.0 Å². The van der Waals surface area contributed by atoms with Gasteiger partial charge in [-0.2, -0.15) is 0 Å². The van der Waals surface area contributed by atoms with E-state index >= 15 is 0 Å². The molecule has 1 fully saturated rings. The predicted molar refractivity (Wildman–Crippen MR) is 105 cm³/mol. The molecule has 0 unspecified atom stereocenters. The number of benzene rings is 2. The molecule has 0 saturated carbocycles. The summed E-state index contributed by atoms with van der Waals surface area (Å²) in [6, 6.07) is 14.2. The second kappa shape index (κ2) is 7.94. The molecule has 25 heavy (non-hydrogen) atoms. The average molecular weight is 374 g/mol. The van der Waals surface area contributed by atoms with Gasteiger partial charge in [0.2, 0.25) is 0 Å². The number of hydrogen-bond acceptors (Lipinski definition) is 5. The van der Waals surface area contributed by atoms with Gasteiger partial charge in [-0.25, -0.2) is 0 Å². The van der Waals surface area contributed by atoms with Crippen molar-refractivity contribution in [3.63, 3.8) is 0 Å². The molecule has 2 aromatic rings. The molecule has 0 spiro atoms. The Morgan fingerprint density at radius 1 is 1.04 bits per heavy atom. The molecular weight excluding hydrogens is 350 g/mol. The molecule has 0 aromatic heterocycles. The number of phenols is 1. The molecule has 0 aliphatic carbocycles. The first-order valence-corrected chi connectivity index (χ1v) is 10.7. The van der Waals surface area contributed by atoms with E-state index in [1.54, 1.807) is 6.07 Å². The molecule has 3 nitrogen and oxygen atoms in total. The van der Waals surface area contributed by atoms with E-state index in [1.807, 2.05) is 35.7 Å². The number of fused-ring (bicyclic) bond motifs is 1. The second-order valence-electron chi connectivity index (χ2n) is 6.51. The lowest BCUT2D eigenvalue weighted by atomic mass is 10.1. The number of nitrogens with zero attached hydrogens (tertiary/aromatic N) is 1. The van der Waals surface area contributed by atoms with Crippen molar-refractivity contribution in [3.05, 3.63) is 48.0 Å². The molecule has 2 aliphatic heterocycles. The fourth-order valence-corrected chi connectivity index (χ4v) is 5.96. The van der Waals surface area contributed by atoms with E-state index in [9.17, 15) is 5.11 Å². The number of likely N-dealkylation sites (tertiary alicyclic amines) is 1. The SMILES string of the molecule is Oc1ccc2c(c1)SC[C@H](c1ccc(OCCN3CCCC3)cc1)S2. The van der Waals surface area contributed by atoms with E-state index in [-0.39, 0.29) is 0 Å². The zero-order valence-electron chi connectivity index (χ0n) is 14.2. The van der Waals surface area contributed by atoms with Crippen molar-refractivity contribution in [3.8, 4) is 11.5 Å². The van der Waals surface area contributed by atoms with Gasteiger partial charge in [-0.3, -0.25) is 4.90 Å². The highest BCUT2D eigenvalue weighted by Crippen LogP contribution is 2.48. The van der Waals surface area contributed by atoms with Crippen LogP contribution in [0, 0.1) is 0 Å². The normalized spacial score (nSPS) is 20.4. The van der Waals surface area contributed by atoms with Crippen molar-refractivity contribution < 1.29 is 9.84 Å². The van der Waals surface area contributed by atoms with Gasteiger partial charge in [0.25, 0.3) is 0 Å². The van der Waals surface area contributed by atoms with Gasteiger partial charge in [-0.05, 0) is 61.8 Å². The van der Waals surface area contributed by atoms with Crippen LogP contribution in [-0.4, -0.2) is 42.0 Å². The first kappa shape index (κ1) is 17.1. The summed E-state index contributed by atoms with van der Waals surface area (Å²) in [5, 5.41) is 10.0. The highest BCUT2D eigenvalue weighted by Gasteiger charge is 2.21. The second-order valence-corrected chi connectivity index (χ2v) is 8.82. The van der Waals surface area contributed by atoms with Crippen molar-refractivity contribution in [1.29, 1.82) is 0 Å². The number of phenolic OH excluding ortho intramolecular Hbond substituents is 1. The first-order valence-electron chi connectivity index (χ1n) is 8.85. The minimum absolute atomic E-state index is 0.348. The van der Waals surface area contributed by atoms with Gasteiger partial charge in [-0.15, -0.1) is 23.5 Å². The Morgan fingerprint density at radius 2 is 1.84 bits per heavy atom. The van der Waals surface area contributed by atoms with Crippen LogP contribution in [0.3, 0.4) is 0 Å². The molecule has 1 atom stereocenters. The van der Waals surface area contributed by atoms with Crippen LogP contribution >= 0.6 is 23.5 Å². The number of hydrogen-bond donors (Lipinski definition) is 1. The fourth-order valence-electron chi connectivity index (χ4n) is 3.30. The molecule has 4 rings (SSSR count). The predicted octanol–water partition coefficient (Wildman–Crippen LogP) is 4.81. The molecule has 0 bridgehead atoms. The minimum atomic E-state index is 0.348. The molecule has 0 amide bonds. The van der Waals surface area contributed by atoms with Crippen LogP contribution < -0.4 is 4.74 Å². The van der Waals surface area contributed by atoms with E-state index in [0.29, 0.717) is 11.0 Å². The summed E-state index contributed by atoms with van der Waals surface area (Å²) in [6.07, 6.45) is 2.66. The topological polar surface area (TPSA) is 32.7 Å². The maximum absolute atomic E-state index is 9.60. The number of aromatic hydroxyl groups is 1. The molecule has 1 saturated heterocycles. The van der Waals surface area contributed by atoms with Crippen LogP contribution in [0.5, 0.6) is 11.5 Å². The van der Waals surface area contributed by atoms with E-state index in [0.717, 1.165) is 24.7 Å². The summed E-state index contributed by atoms with van der Waals surface area (Å²) in [5.74, 6) is 2.33. The van der Waals surface area contributed by atoms with Crippen LogP contribution in [0.4, 0.5) is 0 Å². The maximum atomic E-state index is 9.60. The van der Waals surface area contributed by atoms with Crippen LogP contribution in [0.15, 0.2) is 52.3 Å². The van der Waals surface area contributed by atoms with E-state index in [4.69, 9.17) is 4.74 Å². The number of thioether (sulfide) groups is 2. The van der Waals surface area contributed by atoms with Crippen LogP contribution in [0.1, 0.15) is 23.7 Å². The lowest BCUT2D eigenvalue weighted by molar-refractivity contribution is 0.238. The lowest BCUT2D eigenvalue weighted by Crippen LogP contribution is -2.25. The third-order valence-electron chi connectivity index (χ3n) is 4.71. The molecule has 2 aromatic carbocycles. The zero-order chi connectivity index (χ0) is 17.1. The molecule has 132 valence electrons. The highest BCUT2D eigenvalue weighted by atomic mass is 32.2. The Labute approximate surface area is 157 Å². The highest BCUT2D eigenvalue weighted by molar-refractivity contribution is 8.05. The van der Waals surface area contributed by atoms with E-state index in [1.165, 1.54) is 41.3 Å². The Kier molecular flexibility index (Phi) is 5.44. The summed E-state index contributed by atoms with van der Waals surface area (Å²) < 4.78 is 5.90. The van der Waals surface area contributed by atoms with Gasteiger partial charge < -0.3 is 9.84 Å². The van der Waals surface area contributed by atoms with Crippen LogP contribution in [0.25, 0.3) is 0 Å². The van der Waals surface area contributed by atoms with Crippen molar-refractivity contribution >= 4 is 23.5 Å². The molecule has 2 heterocycles. The van der Waals surface area contributed by atoms with Crippen LogP contribution in [0.2, 0.25) is 0 Å². The van der Waals surface area contributed by atoms with E-state index in [2.05, 4.69) is 29.2 Å². The van der Waals surface area contributed by atoms with Gasteiger partial charge in [0, 0.05) is 27.3 Å². The van der Waals surface area contributed by atoms with Gasteiger partial charge >= 0.3 is 0 Å². The van der Waals surface area contributed by atoms with Gasteiger partial charge in [0.15, 0.2) is 0 Å². The molecule has 2 aliphatic rings. The van der Waals surface area contributed by atoms with Crippen molar-refractivity contribution in [2.24, 2.45) is 0 Å². The summed E-state index contributed by atoms with van der Waals surface area (Å²) in [5.41, 5.74) is 1.34. The Morgan fingerprint density at radius 3 is 2.64 bits per heavy atom. The molecule has 5 heteroatoms. The quantitative estimate of drug-likeness (QED) is 0.813. The lowest BCUT2D eigenvalue weighted by Gasteiger charge is -2.24. The average Bonchev–Trinajstić information content (AvgIpc) is 3.15. The zero-order valence-corrected chi connectivity index (χ0v) is 15.8. The van der Waals surface area contributed by atoms with Gasteiger partial charge in [-0.1, -0.05) is 12.1 Å². The Bertz CT molecular complexity index is 714. The monoisotopic (exact) mass is 373 g/mol. The summed E-state index contributed by atoms with van der Waals surface area (Å²) in [4.78, 5) is 4.91. The van der Waals surface area contributed by atoms with Crippen molar-refractivity contribution in [2.45, 2.75) is 27.9 Å². The smallest absolute Gasteiger partial charge is 0.119 e. The molecular formula is C20H23NO2S2. The van der Waals surface area contributed by atoms with E-state index < -0.39 is 0 Å². The third-order valence-corrected chi connectivity index (χ3v) is 7.54. The Hall–Kier alpha value is -1.30. The maximum Gasteiger partial charge on any atom is 0.119 e. The standard InChI is InChI=1S/C20H23NO2S2/c22-16-5-8-18-19(13-16)24-14-20(25-18)15-3-6-17(7-4-15)23-12-11-21-9-1-2-10-21/h3-8,13,20,22H,1-2,9-12,14H2/t20-/m1/s1. The number of rotatable bonds is 5. The first-order chi connectivity index (χ1) is 12.3. The van der Waals surface area contributed by atoms with Crippen molar-refractivity contribution in [1.82, 2.24) is 4.90 Å². The fraction of sp³-hybridized carbons (Fsp3) is 0.400.